The number of hydrogen-bond acceptors (Lipinski definition) is 5. The predicted molar refractivity (Wildman–Crippen MR) is 80.1 cm³/mol. The molecule has 7 heteroatoms. The van der Waals surface area contributed by atoms with Crippen molar-refractivity contribution in [3.63, 3.8) is 0 Å². The number of rotatable bonds is 1. The number of fused-ring (bicyclic) bond motifs is 2. The highest BCUT2D eigenvalue weighted by Crippen LogP contribution is 2.25. The Bertz CT molecular complexity index is 718. The number of aromatic nitrogens is 2. The highest BCUT2D eigenvalue weighted by Gasteiger charge is 2.36. The smallest absolute Gasteiger partial charge is 0.317 e. The maximum Gasteiger partial charge on any atom is 0.317 e. The molecule has 0 aliphatic carbocycles. The van der Waals surface area contributed by atoms with E-state index in [0.717, 1.165) is 24.1 Å². The van der Waals surface area contributed by atoms with E-state index in [2.05, 4.69) is 20.2 Å². The zero-order valence-corrected chi connectivity index (χ0v) is 11.5. The van der Waals surface area contributed by atoms with E-state index >= 15 is 0 Å². The molecule has 1 atom stereocenters. The van der Waals surface area contributed by atoms with Crippen LogP contribution in [0.15, 0.2) is 24.3 Å². The van der Waals surface area contributed by atoms with E-state index in [1.165, 1.54) is 0 Å². The lowest BCUT2D eigenvalue weighted by Gasteiger charge is -2.37. The van der Waals surface area contributed by atoms with E-state index in [-0.39, 0.29) is 12.1 Å². The summed E-state index contributed by atoms with van der Waals surface area (Å²) in [5.41, 5.74) is 7.71. The fourth-order valence-electron chi connectivity index (χ4n) is 3.03. The van der Waals surface area contributed by atoms with Crippen LogP contribution >= 0.6 is 0 Å². The van der Waals surface area contributed by atoms with Crippen molar-refractivity contribution in [2.45, 2.75) is 6.04 Å². The highest BCUT2D eigenvalue weighted by atomic mass is 16.2. The highest BCUT2D eigenvalue weighted by molar-refractivity contribution is 5.80. The van der Waals surface area contributed by atoms with Crippen LogP contribution in [0.5, 0.6) is 0 Å². The first-order chi connectivity index (χ1) is 10.2. The SMILES string of the molecule is Nc1nc2ccccc2nc1N1CCN2C(=O)NCC2C1. The molecule has 7 nitrogen and oxygen atoms in total. The zero-order chi connectivity index (χ0) is 14.4. The Kier molecular flexibility index (Phi) is 2.60. The average molecular weight is 284 g/mol. The number of urea groups is 1. The van der Waals surface area contributed by atoms with Gasteiger partial charge in [0.25, 0.3) is 0 Å². The van der Waals surface area contributed by atoms with Gasteiger partial charge >= 0.3 is 6.03 Å². The van der Waals surface area contributed by atoms with Crippen LogP contribution in [0.2, 0.25) is 0 Å². The summed E-state index contributed by atoms with van der Waals surface area (Å²) < 4.78 is 0. The lowest BCUT2D eigenvalue weighted by Crippen LogP contribution is -2.52. The predicted octanol–water partition coefficient (Wildman–Crippen LogP) is 0.426. The molecule has 0 saturated carbocycles. The van der Waals surface area contributed by atoms with Gasteiger partial charge < -0.3 is 20.9 Å². The van der Waals surface area contributed by atoms with Crippen LogP contribution < -0.4 is 16.0 Å². The number of anilines is 2. The number of benzene rings is 1. The zero-order valence-electron chi connectivity index (χ0n) is 11.5. The normalized spacial score (nSPS) is 21.5. The second-order valence-corrected chi connectivity index (χ2v) is 5.40. The number of carbonyl (C=O) groups excluding carboxylic acids is 1. The van der Waals surface area contributed by atoms with Gasteiger partial charge in [-0.2, -0.15) is 0 Å². The molecule has 1 aromatic carbocycles. The molecular weight excluding hydrogens is 268 g/mol. The fourth-order valence-corrected chi connectivity index (χ4v) is 3.03. The molecule has 2 aliphatic rings. The molecule has 2 aromatic rings. The van der Waals surface area contributed by atoms with Crippen LogP contribution in [0, 0.1) is 0 Å². The molecule has 4 rings (SSSR count). The third kappa shape index (κ3) is 1.93. The van der Waals surface area contributed by atoms with Crippen molar-refractivity contribution in [3.05, 3.63) is 24.3 Å². The number of nitrogen functional groups attached to an aromatic ring is 1. The van der Waals surface area contributed by atoms with Gasteiger partial charge in [0.2, 0.25) is 0 Å². The van der Waals surface area contributed by atoms with Crippen molar-refractivity contribution in [2.24, 2.45) is 0 Å². The Morgan fingerprint density at radius 3 is 2.76 bits per heavy atom. The summed E-state index contributed by atoms with van der Waals surface area (Å²) in [5.74, 6) is 1.16. The Morgan fingerprint density at radius 2 is 1.95 bits per heavy atom. The number of nitrogens with one attached hydrogen (secondary N) is 1. The quantitative estimate of drug-likeness (QED) is 0.792. The molecule has 1 unspecified atom stereocenters. The summed E-state index contributed by atoms with van der Waals surface area (Å²) >= 11 is 0. The molecule has 2 fully saturated rings. The number of nitrogens with two attached hydrogens (primary N) is 1. The Balaban J connectivity index is 1.67. The van der Waals surface area contributed by atoms with Gasteiger partial charge in [0.1, 0.15) is 0 Å². The molecule has 21 heavy (non-hydrogen) atoms. The molecule has 2 saturated heterocycles. The standard InChI is InChI=1S/C14H16N6O/c15-12-13(18-11-4-2-1-3-10(11)17-12)19-5-6-20-9(8-19)7-16-14(20)21/h1-4,9H,5-8H2,(H2,15,17)(H,16,21). The van der Waals surface area contributed by atoms with Gasteiger partial charge in [0.05, 0.1) is 17.1 Å². The van der Waals surface area contributed by atoms with E-state index in [0.29, 0.717) is 24.7 Å². The van der Waals surface area contributed by atoms with Crippen molar-refractivity contribution >= 4 is 28.7 Å². The molecule has 0 spiro atoms. The first kappa shape index (κ1) is 12.2. The summed E-state index contributed by atoms with van der Waals surface area (Å²) in [6.07, 6.45) is 0. The number of carbonyl (C=O) groups is 1. The molecule has 0 radical (unpaired) electrons. The lowest BCUT2D eigenvalue weighted by molar-refractivity contribution is 0.197. The Labute approximate surface area is 121 Å². The first-order valence-electron chi connectivity index (χ1n) is 7.04. The van der Waals surface area contributed by atoms with Gasteiger partial charge in [0.15, 0.2) is 11.6 Å². The van der Waals surface area contributed by atoms with E-state index in [1.807, 2.05) is 29.2 Å². The lowest BCUT2D eigenvalue weighted by atomic mass is 10.2. The summed E-state index contributed by atoms with van der Waals surface area (Å²) in [7, 11) is 0. The Morgan fingerprint density at radius 1 is 1.19 bits per heavy atom. The van der Waals surface area contributed by atoms with E-state index in [1.54, 1.807) is 0 Å². The number of hydrogen-bond donors (Lipinski definition) is 2. The molecule has 1 aromatic heterocycles. The van der Waals surface area contributed by atoms with Crippen molar-refractivity contribution in [3.8, 4) is 0 Å². The minimum absolute atomic E-state index is 0.0252. The van der Waals surface area contributed by atoms with Crippen LogP contribution in [0.25, 0.3) is 11.0 Å². The van der Waals surface area contributed by atoms with Crippen LogP contribution in [0.1, 0.15) is 0 Å². The fraction of sp³-hybridized carbons (Fsp3) is 0.357. The van der Waals surface area contributed by atoms with Gasteiger partial charge in [-0.05, 0) is 12.1 Å². The second kappa shape index (κ2) is 4.47. The van der Waals surface area contributed by atoms with Gasteiger partial charge in [-0.15, -0.1) is 0 Å². The molecular formula is C14H16N6O. The van der Waals surface area contributed by atoms with Crippen LogP contribution in [-0.4, -0.2) is 53.1 Å². The molecule has 2 aliphatic heterocycles. The monoisotopic (exact) mass is 284 g/mol. The van der Waals surface area contributed by atoms with E-state index in [9.17, 15) is 4.79 Å². The van der Waals surface area contributed by atoms with Gasteiger partial charge in [-0.3, -0.25) is 0 Å². The maximum atomic E-state index is 11.6. The molecule has 0 bridgehead atoms. The number of para-hydroxylation sites is 2. The minimum atomic E-state index is 0.0252. The summed E-state index contributed by atoms with van der Waals surface area (Å²) in [6, 6.07) is 7.90. The van der Waals surface area contributed by atoms with Gasteiger partial charge in [-0.25, -0.2) is 14.8 Å². The largest absolute Gasteiger partial charge is 0.381 e. The third-order valence-electron chi connectivity index (χ3n) is 4.11. The minimum Gasteiger partial charge on any atom is -0.381 e. The van der Waals surface area contributed by atoms with Crippen molar-refractivity contribution < 1.29 is 4.79 Å². The molecule has 3 heterocycles. The van der Waals surface area contributed by atoms with Crippen molar-refractivity contribution in [2.75, 3.05) is 36.8 Å². The summed E-state index contributed by atoms with van der Waals surface area (Å²) in [6.45, 7) is 2.82. The Hall–Kier alpha value is -2.57. The third-order valence-corrected chi connectivity index (χ3v) is 4.11. The van der Waals surface area contributed by atoms with Crippen LogP contribution in [0.3, 0.4) is 0 Å². The average Bonchev–Trinajstić information content (AvgIpc) is 2.87. The molecule has 3 N–H and O–H groups in total. The number of piperazine rings is 1. The van der Waals surface area contributed by atoms with E-state index < -0.39 is 0 Å². The van der Waals surface area contributed by atoms with Crippen LogP contribution in [0.4, 0.5) is 16.4 Å². The maximum absolute atomic E-state index is 11.6. The number of nitrogens with zero attached hydrogens (tertiary/aromatic N) is 4. The second-order valence-electron chi connectivity index (χ2n) is 5.40. The van der Waals surface area contributed by atoms with Gasteiger partial charge in [-0.1, -0.05) is 12.1 Å². The summed E-state index contributed by atoms with van der Waals surface area (Å²) in [4.78, 5) is 24.7. The molecule has 2 amide bonds. The van der Waals surface area contributed by atoms with Crippen molar-refractivity contribution in [1.29, 1.82) is 0 Å². The van der Waals surface area contributed by atoms with Crippen molar-refractivity contribution in [1.82, 2.24) is 20.2 Å². The van der Waals surface area contributed by atoms with Crippen LogP contribution in [-0.2, 0) is 0 Å². The number of amides is 2. The first-order valence-corrected chi connectivity index (χ1v) is 7.04. The van der Waals surface area contributed by atoms with E-state index in [4.69, 9.17) is 5.73 Å². The van der Waals surface area contributed by atoms with Gasteiger partial charge in [0, 0.05) is 26.2 Å². The summed E-state index contributed by atoms with van der Waals surface area (Å²) in [5, 5.41) is 2.87. The topological polar surface area (TPSA) is 87.4 Å². The molecule has 108 valence electrons.